The van der Waals surface area contributed by atoms with E-state index in [1.54, 1.807) is 12.3 Å². The van der Waals surface area contributed by atoms with E-state index in [4.69, 9.17) is 5.73 Å². The highest BCUT2D eigenvalue weighted by molar-refractivity contribution is 5.25. The summed E-state index contributed by atoms with van der Waals surface area (Å²) in [5.41, 5.74) is 5.70. The molecule has 1 aromatic heterocycles. The van der Waals surface area contributed by atoms with Crippen molar-refractivity contribution in [1.29, 1.82) is 0 Å². The highest BCUT2D eigenvalue weighted by Crippen LogP contribution is 2.21. The van der Waals surface area contributed by atoms with Gasteiger partial charge in [-0.25, -0.2) is 9.97 Å². The van der Waals surface area contributed by atoms with E-state index >= 15 is 0 Å². The van der Waals surface area contributed by atoms with E-state index in [0.29, 0.717) is 11.9 Å². The van der Waals surface area contributed by atoms with Crippen molar-refractivity contribution in [2.24, 2.45) is 0 Å². The third-order valence-electron chi connectivity index (χ3n) is 2.97. The zero-order chi connectivity index (χ0) is 11.4. The van der Waals surface area contributed by atoms with Gasteiger partial charge in [0.15, 0.2) is 0 Å². The zero-order valence-electron chi connectivity index (χ0n) is 9.69. The Hall–Kier alpha value is -1.20. The van der Waals surface area contributed by atoms with Crippen LogP contribution in [0.15, 0.2) is 12.3 Å². The Bertz CT molecular complexity index is 335. The lowest BCUT2D eigenvalue weighted by molar-refractivity contribution is 0.163. The minimum absolute atomic E-state index is 0.297. The number of hydrogen-bond acceptors (Lipinski definition) is 5. The van der Waals surface area contributed by atoms with Gasteiger partial charge in [0.1, 0.15) is 11.6 Å². The summed E-state index contributed by atoms with van der Waals surface area (Å²) in [6.07, 6.45) is 2.76. The molecule has 1 fully saturated rings. The second kappa shape index (κ2) is 5.23. The van der Waals surface area contributed by atoms with Gasteiger partial charge in [0.25, 0.3) is 0 Å². The van der Waals surface area contributed by atoms with Gasteiger partial charge in [0.05, 0.1) is 6.04 Å². The lowest BCUT2D eigenvalue weighted by Gasteiger charge is -2.33. The summed E-state index contributed by atoms with van der Waals surface area (Å²) >= 11 is 0. The fourth-order valence-electron chi connectivity index (χ4n) is 2.15. The molecule has 0 amide bonds. The maximum atomic E-state index is 5.70. The van der Waals surface area contributed by atoms with E-state index in [9.17, 15) is 0 Å². The van der Waals surface area contributed by atoms with Crippen LogP contribution in [-0.2, 0) is 0 Å². The molecule has 0 bridgehead atoms. The van der Waals surface area contributed by atoms with Gasteiger partial charge in [-0.1, -0.05) is 6.92 Å². The molecule has 0 aromatic carbocycles. The normalized spacial score (nSPS) is 19.6. The van der Waals surface area contributed by atoms with Crippen LogP contribution in [0.25, 0.3) is 0 Å². The molecule has 0 aliphatic carbocycles. The molecule has 1 aliphatic rings. The number of rotatable bonds is 3. The fraction of sp³-hybridized carbons (Fsp3) is 0.636. The third-order valence-corrected chi connectivity index (χ3v) is 2.97. The summed E-state index contributed by atoms with van der Waals surface area (Å²) in [5.74, 6) is 1.41. The van der Waals surface area contributed by atoms with E-state index in [1.807, 2.05) is 0 Å². The quantitative estimate of drug-likeness (QED) is 0.774. The van der Waals surface area contributed by atoms with Crippen molar-refractivity contribution in [1.82, 2.24) is 20.2 Å². The lowest BCUT2D eigenvalue weighted by atomic mass is 10.1. The zero-order valence-corrected chi connectivity index (χ0v) is 9.69. The molecule has 1 aliphatic heterocycles. The average molecular weight is 221 g/mol. The highest BCUT2D eigenvalue weighted by Gasteiger charge is 2.22. The monoisotopic (exact) mass is 221 g/mol. The molecule has 1 unspecified atom stereocenters. The average Bonchev–Trinajstić information content (AvgIpc) is 2.31. The highest BCUT2D eigenvalue weighted by atomic mass is 15.2. The van der Waals surface area contributed by atoms with Crippen molar-refractivity contribution in [3.8, 4) is 0 Å². The largest absolute Gasteiger partial charge is 0.384 e. The number of nitrogen functional groups attached to an aromatic ring is 1. The first kappa shape index (κ1) is 11.3. The Balaban J connectivity index is 2.14. The molecule has 0 spiro atoms. The summed E-state index contributed by atoms with van der Waals surface area (Å²) < 4.78 is 0. The van der Waals surface area contributed by atoms with Gasteiger partial charge in [-0.05, 0) is 12.5 Å². The second-order valence-corrected chi connectivity index (χ2v) is 4.05. The van der Waals surface area contributed by atoms with Crippen LogP contribution in [0.1, 0.15) is 25.2 Å². The van der Waals surface area contributed by atoms with Gasteiger partial charge < -0.3 is 11.1 Å². The van der Waals surface area contributed by atoms with E-state index in [2.05, 4.69) is 27.1 Å². The molecular formula is C11H19N5. The molecule has 2 heterocycles. The van der Waals surface area contributed by atoms with Crippen molar-refractivity contribution < 1.29 is 0 Å². The molecule has 0 radical (unpaired) electrons. The summed E-state index contributed by atoms with van der Waals surface area (Å²) in [7, 11) is 0. The van der Waals surface area contributed by atoms with Gasteiger partial charge in [0.2, 0.25) is 0 Å². The molecule has 16 heavy (non-hydrogen) atoms. The van der Waals surface area contributed by atoms with Crippen LogP contribution >= 0.6 is 0 Å². The first-order chi connectivity index (χ1) is 7.81. The van der Waals surface area contributed by atoms with E-state index in [1.165, 1.54) is 0 Å². The molecule has 1 atom stereocenters. The van der Waals surface area contributed by atoms with Gasteiger partial charge in [-0.3, -0.25) is 4.90 Å². The van der Waals surface area contributed by atoms with Crippen molar-refractivity contribution in [2.75, 3.05) is 31.9 Å². The fourth-order valence-corrected chi connectivity index (χ4v) is 2.15. The number of piperazine rings is 1. The second-order valence-electron chi connectivity index (χ2n) is 4.05. The van der Waals surface area contributed by atoms with Crippen LogP contribution in [0.3, 0.4) is 0 Å². The Kier molecular flexibility index (Phi) is 3.69. The van der Waals surface area contributed by atoms with Crippen LogP contribution in [-0.4, -0.2) is 41.0 Å². The Morgan fingerprint density at radius 3 is 2.88 bits per heavy atom. The van der Waals surface area contributed by atoms with Crippen molar-refractivity contribution in [3.63, 3.8) is 0 Å². The number of nitrogens with zero attached hydrogens (tertiary/aromatic N) is 3. The van der Waals surface area contributed by atoms with Crippen LogP contribution in [0.5, 0.6) is 0 Å². The van der Waals surface area contributed by atoms with E-state index in [-0.39, 0.29) is 0 Å². The number of aromatic nitrogens is 2. The van der Waals surface area contributed by atoms with E-state index in [0.717, 1.165) is 38.4 Å². The van der Waals surface area contributed by atoms with Crippen LogP contribution in [0.2, 0.25) is 0 Å². The molecule has 1 aromatic rings. The van der Waals surface area contributed by atoms with Crippen LogP contribution < -0.4 is 11.1 Å². The standard InChI is InChI=1S/C11H19N5/c1-2-9(16-7-5-13-6-8-16)11-14-4-3-10(12)15-11/h3-4,9,13H,2,5-8H2,1H3,(H2,12,14,15). The minimum atomic E-state index is 0.297. The summed E-state index contributed by atoms with van der Waals surface area (Å²) in [4.78, 5) is 11.1. The predicted octanol–water partition coefficient (Wildman–Crippen LogP) is 0.415. The Morgan fingerprint density at radius 1 is 1.50 bits per heavy atom. The maximum Gasteiger partial charge on any atom is 0.147 e. The van der Waals surface area contributed by atoms with Crippen molar-refractivity contribution in [2.45, 2.75) is 19.4 Å². The van der Waals surface area contributed by atoms with Gasteiger partial charge in [-0.15, -0.1) is 0 Å². The number of hydrogen-bond donors (Lipinski definition) is 2. The maximum absolute atomic E-state index is 5.70. The first-order valence-electron chi connectivity index (χ1n) is 5.84. The SMILES string of the molecule is CCC(c1nccc(N)n1)N1CCNCC1. The topological polar surface area (TPSA) is 67.1 Å². The predicted molar refractivity (Wildman–Crippen MR) is 63.9 cm³/mol. The summed E-state index contributed by atoms with van der Waals surface area (Å²) in [6, 6.07) is 2.03. The van der Waals surface area contributed by atoms with Gasteiger partial charge in [0, 0.05) is 32.4 Å². The summed E-state index contributed by atoms with van der Waals surface area (Å²) in [5, 5.41) is 3.35. The molecule has 5 heteroatoms. The lowest BCUT2D eigenvalue weighted by Crippen LogP contribution is -2.45. The molecule has 3 N–H and O–H groups in total. The van der Waals surface area contributed by atoms with Crippen molar-refractivity contribution in [3.05, 3.63) is 18.1 Å². The van der Waals surface area contributed by atoms with Crippen molar-refractivity contribution >= 4 is 5.82 Å². The van der Waals surface area contributed by atoms with Gasteiger partial charge in [-0.2, -0.15) is 0 Å². The molecule has 1 saturated heterocycles. The molecule has 5 nitrogen and oxygen atoms in total. The smallest absolute Gasteiger partial charge is 0.147 e. The van der Waals surface area contributed by atoms with Crippen LogP contribution in [0.4, 0.5) is 5.82 Å². The molecule has 2 rings (SSSR count). The number of nitrogens with one attached hydrogen (secondary N) is 1. The van der Waals surface area contributed by atoms with Crippen LogP contribution in [0, 0.1) is 0 Å². The molecule has 88 valence electrons. The summed E-state index contributed by atoms with van der Waals surface area (Å²) in [6.45, 7) is 6.35. The molecular weight excluding hydrogens is 202 g/mol. The number of nitrogens with two attached hydrogens (primary N) is 1. The third kappa shape index (κ3) is 2.48. The van der Waals surface area contributed by atoms with Gasteiger partial charge >= 0.3 is 0 Å². The number of anilines is 1. The Morgan fingerprint density at radius 2 is 2.25 bits per heavy atom. The molecule has 0 saturated carbocycles. The first-order valence-corrected chi connectivity index (χ1v) is 5.84. The van der Waals surface area contributed by atoms with E-state index < -0.39 is 0 Å². The minimum Gasteiger partial charge on any atom is -0.384 e. The Labute approximate surface area is 96.1 Å².